The van der Waals surface area contributed by atoms with Gasteiger partial charge in [0.25, 0.3) is 0 Å². The van der Waals surface area contributed by atoms with E-state index in [1.165, 1.54) is 4.90 Å². The maximum absolute atomic E-state index is 13.2. The van der Waals surface area contributed by atoms with Crippen molar-refractivity contribution in [2.24, 2.45) is 5.89 Å². The number of amides is 1. The minimum absolute atomic E-state index is 0.0174. The highest BCUT2D eigenvalue weighted by Crippen LogP contribution is 2.46. The van der Waals surface area contributed by atoms with E-state index in [4.69, 9.17) is 20.7 Å². The smallest absolute Gasteiger partial charge is 0.370 e. The van der Waals surface area contributed by atoms with Crippen molar-refractivity contribution < 1.29 is 33.7 Å². The second kappa shape index (κ2) is 8.46. The maximum Gasteiger partial charge on any atom is 0.397 e. The van der Waals surface area contributed by atoms with Crippen LogP contribution in [0.5, 0.6) is 0 Å². The van der Waals surface area contributed by atoms with Gasteiger partial charge < -0.3 is 14.5 Å². The first kappa shape index (κ1) is 15.5. The number of hydrogen-bond acceptors (Lipinski definition) is 5. The Hall–Kier alpha value is -2.34. The lowest BCUT2D eigenvalue weighted by atomic mass is 9.87. The van der Waals surface area contributed by atoms with Crippen molar-refractivity contribution in [2.75, 3.05) is 24.5 Å². The number of rotatable bonds is 4. The maximum atomic E-state index is 13.2. The van der Waals surface area contributed by atoms with Crippen LogP contribution in [0.25, 0.3) is 0 Å². The van der Waals surface area contributed by atoms with Crippen molar-refractivity contribution in [3.8, 4) is 6.07 Å². The predicted molar refractivity (Wildman–Crippen MR) is 117 cm³/mol. The molecule has 3 aliphatic rings. The van der Waals surface area contributed by atoms with E-state index in [-0.39, 0.29) is 35.4 Å². The van der Waals surface area contributed by atoms with Crippen LogP contribution in [0.2, 0.25) is 0 Å². The van der Waals surface area contributed by atoms with Crippen LogP contribution in [0.1, 0.15) is 86.1 Å². The molecule has 0 spiro atoms. The summed E-state index contributed by atoms with van der Waals surface area (Å²) in [6.45, 7) is -5.49. The van der Waals surface area contributed by atoms with Gasteiger partial charge in [0.1, 0.15) is 18.3 Å². The van der Waals surface area contributed by atoms with Gasteiger partial charge in [0.05, 0.1) is 30.9 Å². The van der Waals surface area contributed by atoms with Crippen molar-refractivity contribution in [1.29, 1.82) is 5.26 Å². The van der Waals surface area contributed by atoms with E-state index < -0.39 is 62.8 Å². The van der Waals surface area contributed by atoms with Gasteiger partial charge in [-0.25, -0.2) is 4.98 Å². The molecule has 0 bridgehead atoms. The number of hydrogen-bond donors (Lipinski definition) is 0. The van der Waals surface area contributed by atoms with Crippen molar-refractivity contribution in [2.45, 2.75) is 83.6 Å². The number of halogens is 3. The SMILES string of the molecule is [2H]C([2H])([2H])C([2H])(C([2H])([2H])[2H])C1([2H])CN(c2nc(C3CC3)c3c(c2C#N)CC(C)(C)OC3)CCN1C(=O)CC(F)(F)F. The Morgan fingerprint density at radius 3 is 2.73 bits per heavy atom. The number of anilines is 1. The van der Waals surface area contributed by atoms with Crippen LogP contribution >= 0.6 is 0 Å². The molecule has 3 heterocycles. The number of pyridine rings is 1. The first-order chi connectivity index (χ1) is 18.6. The van der Waals surface area contributed by atoms with Crippen LogP contribution in [0, 0.1) is 17.2 Å². The fraction of sp³-hybridized carbons (Fsp3) is 0.708. The molecule has 1 unspecified atom stereocenters. The molecule has 0 N–H and O–H groups in total. The fourth-order valence-corrected chi connectivity index (χ4v) is 4.46. The molecule has 1 saturated carbocycles. The molecule has 180 valence electrons. The molecule has 4 rings (SSSR count). The summed E-state index contributed by atoms with van der Waals surface area (Å²) < 4.78 is 111. The molecule has 2 aliphatic heterocycles. The molecule has 9 heteroatoms. The predicted octanol–water partition coefficient (Wildman–Crippen LogP) is 4.31. The average molecular weight is 473 g/mol. The van der Waals surface area contributed by atoms with E-state index >= 15 is 0 Å². The van der Waals surface area contributed by atoms with Crippen molar-refractivity contribution >= 4 is 11.7 Å². The molecule has 1 aromatic rings. The third-order valence-electron chi connectivity index (χ3n) is 6.21. The largest absolute Gasteiger partial charge is 0.397 e. The van der Waals surface area contributed by atoms with Crippen LogP contribution in [0.4, 0.5) is 19.0 Å². The van der Waals surface area contributed by atoms with Crippen molar-refractivity contribution in [3.05, 3.63) is 22.4 Å². The standard InChI is InChI=1S/C24H31F3N4O2/c1-14(2)19-12-30(7-8-31(19)20(32)10-24(25,26)27)22-17(11-28)16-9-23(3,4)33-13-18(16)21(29-22)15-5-6-15/h14-15,19H,5-10,12-13H2,1-4H3/i1D3,2D3,14D,19D. The number of aromatic nitrogens is 1. The van der Waals surface area contributed by atoms with Gasteiger partial charge in [-0.1, -0.05) is 13.7 Å². The summed E-state index contributed by atoms with van der Waals surface area (Å²) in [5.74, 6) is -5.35. The first-order valence-electron chi connectivity index (χ1n) is 14.8. The molecule has 33 heavy (non-hydrogen) atoms. The lowest BCUT2D eigenvalue weighted by Gasteiger charge is -2.44. The zero-order chi connectivity index (χ0) is 31.0. The van der Waals surface area contributed by atoms with Crippen LogP contribution in [0.15, 0.2) is 0 Å². The van der Waals surface area contributed by atoms with E-state index in [1.807, 2.05) is 13.8 Å². The number of carbonyl (C=O) groups is 1. The number of alkyl halides is 3. The van der Waals surface area contributed by atoms with E-state index in [2.05, 4.69) is 6.07 Å². The normalized spacial score (nSPS) is 29.7. The van der Waals surface area contributed by atoms with Crippen LogP contribution in [0.3, 0.4) is 0 Å². The fourth-order valence-electron chi connectivity index (χ4n) is 4.46. The number of nitriles is 1. The van der Waals surface area contributed by atoms with Crippen LogP contribution in [-0.4, -0.2) is 53.2 Å². The summed E-state index contributed by atoms with van der Waals surface area (Å²) in [5, 5.41) is 10.2. The van der Waals surface area contributed by atoms with Crippen molar-refractivity contribution in [1.82, 2.24) is 9.88 Å². The summed E-state index contributed by atoms with van der Waals surface area (Å²) >= 11 is 0. The van der Waals surface area contributed by atoms with Gasteiger partial charge in [0.15, 0.2) is 0 Å². The second-order valence-corrected chi connectivity index (χ2v) is 9.34. The first-order valence-corrected chi connectivity index (χ1v) is 10.8. The Morgan fingerprint density at radius 1 is 1.39 bits per heavy atom. The Balaban J connectivity index is 1.90. The minimum atomic E-state index is -5.03. The van der Waals surface area contributed by atoms with Gasteiger partial charge in [-0.2, -0.15) is 18.4 Å². The van der Waals surface area contributed by atoms with Crippen LogP contribution in [-0.2, 0) is 22.6 Å². The third kappa shape index (κ3) is 4.96. The molecule has 1 amide bonds. The number of nitrogens with zero attached hydrogens (tertiary/aromatic N) is 4. The van der Waals surface area contributed by atoms with E-state index in [0.717, 1.165) is 18.4 Å². The van der Waals surface area contributed by atoms with Gasteiger partial charge in [-0.3, -0.25) is 4.79 Å². The average Bonchev–Trinajstić information content (AvgIpc) is 3.64. The molecule has 2 fully saturated rings. The Labute approximate surface area is 203 Å². The van der Waals surface area contributed by atoms with E-state index in [9.17, 15) is 23.2 Å². The van der Waals surface area contributed by atoms with Crippen molar-refractivity contribution in [3.63, 3.8) is 0 Å². The summed E-state index contributed by atoms with van der Waals surface area (Å²) in [6, 6.07) is -1.09. The summed E-state index contributed by atoms with van der Waals surface area (Å²) in [7, 11) is 0. The van der Waals surface area contributed by atoms with E-state index in [1.54, 1.807) is 0 Å². The zero-order valence-electron chi connectivity index (χ0n) is 26.5. The van der Waals surface area contributed by atoms with Gasteiger partial charge in [-0.05, 0) is 38.1 Å². The number of ether oxygens (including phenoxy) is 1. The number of piperazine rings is 1. The Bertz CT molecular complexity index is 1260. The number of carbonyl (C=O) groups excluding carboxylic acids is 1. The number of fused-ring (bicyclic) bond motifs is 1. The van der Waals surface area contributed by atoms with Crippen LogP contribution < -0.4 is 4.90 Å². The summed E-state index contributed by atoms with van der Waals surface area (Å²) in [4.78, 5) is 19.1. The summed E-state index contributed by atoms with van der Waals surface area (Å²) in [6.07, 6.45) is -5.12. The Morgan fingerprint density at radius 2 is 2.12 bits per heavy atom. The van der Waals surface area contributed by atoms with Gasteiger partial charge in [-0.15, -0.1) is 0 Å². The molecular weight excluding hydrogens is 433 g/mol. The lowest BCUT2D eigenvalue weighted by molar-refractivity contribution is -0.164. The molecule has 1 aromatic heterocycles. The van der Waals surface area contributed by atoms with Gasteiger partial charge >= 0.3 is 6.18 Å². The molecule has 0 radical (unpaired) electrons. The molecule has 1 saturated heterocycles. The molecule has 0 aromatic carbocycles. The van der Waals surface area contributed by atoms with Gasteiger partial charge in [0.2, 0.25) is 5.91 Å². The lowest BCUT2D eigenvalue weighted by Crippen LogP contribution is -2.58. The molecular formula is C24H31F3N4O2. The third-order valence-corrected chi connectivity index (χ3v) is 6.21. The van der Waals surface area contributed by atoms with E-state index in [0.29, 0.717) is 17.7 Å². The molecule has 6 nitrogen and oxygen atoms in total. The Kier molecular flexibility index (Phi) is 3.98. The minimum Gasteiger partial charge on any atom is -0.370 e. The molecule has 1 atom stereocenters. The quantitative estimate of drug-likeness (QED) is 0.653. The highest BCUT2D eigenvalue weighted by molar-refractivity contribution is 5.77. The van der Waals surface area contributed by atoms with Gasteiger partial charge in [0, 0.05) is 47.1 Å². The highest BCUT2D eigenvalue weighted by atomic mass is 19.4. The zero-order valence-corrected chi connectivity index (χ0v) is 18.5. The monoisotopic (exact) mass is 472 g/mol. The second-order valence-electron chi connectivity index (χ2n) is 9.34. The topological polar surface area (TPSA) is 69.5 Å². The highest BCUT2D eigenvalue weighted by Gasteiger charge is 2.41. The molecule has 1 aliphatic carbocycles. The summed E-state index contributed by atoms with van der Waals surface area (Å²) in [5.41, 5.74) is 1.50.